The fraction of sp³-hybridized carbons (Fsp3) is 0. The van der Waals surface area contributed by atoms with E-state index in [0.717, 1.165) is 0 Å². The molecule has 1 rings (SSSR count). The highest BCUT2D eigenvalue weighted by atomic mass is 79.9. The van der Waals surface area contributed by atoms with Gasteiger partial charge in [0.2, 0.25) is 5.78 Å². The maximum absolute atomic E-state index is 10.8. The molecule has 0 fully saturated rings. The molecule has 3 nitrogen and oxygen atoms in total. The highest BCUT2D eigenvalue weighted by Gasteiger charge is 2.07. The summed E-state index contributed by atoms with van der Waals surface area (Å²) in [6.07, 6.45) is 0.237. The van der Waals surface area contributed by atoms with Gasteiger partial charge >= 0.3 is 0 Å². The first-order valence-electron chi connectivity index (χ1n) is 2.96. The molecule has 12 heavy (non-hydrogen) atoms. The molecule has 0 N–H and O–H groups in total. The molecule has 0 aliphatic heterocycles. The molecule has 1 aromatic heterocycles. The highest BCUT2D eigenvalue weighted by molar-refractivity contribution is 9.11. The van der Waals surface area contributed by atoms with Crippen molar-refractivity contribution in [3.8, 4) is 0 Å². The van der Waals surface area contributed by atoms with Gasteiger partial charge in [0.05, 0.1) is 0 Å². The van der Waals surface area contributed by atoms with Crippen molar-refractivity contribution in [2.75, 3.05) is 0 Å². The molecule has 1 aromatic rings. The van der Waals surface area contributed by atoms with Gasteiger partial charge in [0.1, 0.15) is 10.3 Å². The molecule has 0 amide bonds. The number of halogens is 2. The molecule has 0 aliphatic rings. The van der Waals surface area contributed by atoms with Crippen LogP contribution in [0.4, 0.5) is 0 Å². The minimum Gasteiger partial charge on any atom is -0.294 e. The van der Waals surface area contributed by atoms with Gasteiger partial charge in [-0.25, -0.2) is 4.98 Å². The molecule has 5 heteroatoms. The lowest BCUT2D eigenvalue weighted by molar-refractivity contribution is -0.104. The second kappa shape index (κ2) is 3.91. The first kappa shape index (κ1) is 9.54. The van der Waals surface area contributed by atoms with Gasteiger partial charge in [-0.2, -0.15) is 0 Å². The number of rotatable bonds is 2. The summed E-state index contributed by atoms with van der Waals surface area (Å²) in [6.45, 7) is 0. The van der Waals surface area contributed by atoms with Crippen LogP contribution in [0, 0.1) is 0 Å². The lowest BCUT2D eigenvalue weighted by Crippen LogP contribution is -2.02. The van der Waals surface area contributed by atoms with Gasteiger partial charge in [0, 0.05) is 4.47 Å². The summed E-state index contributed by atoms with van der Waals surface area (Å²) in [6, 6.07) is 3.17. The number of hydrogen-bond acceptors (Lipinski definition) is 3. The van der Waals surface area contributed by atoms with Crippen LogP contribution in [0.3, 0.4) is 0 Å². The number of carbonyl (C=O) groups excluding carboxylic acids is 2. The van der Waals surface area contributed by atoms with Crippen LogP contribution in [0.1, 0.15) is 10.5 Å². The van der Waals surface area contributed by atoms with Crippen LogP contribution in [0.15, 0.2) is 21.2 Å². The quantitative estimate of drug-likeness (QED) is 0.362. The molecule has 62 valence electrons. The van der Waals surface area contributed by atoms with E-state index in [0.29, 0.717) is 9.08 Å². The zero-order valence-corrected chi connectivity index (χ0v) is 8.92. The van der Waals surface area contributed by atoms with Crippen LogP contribution in [0.2, 0.25) is 0 Å². The van der Waals surface area contributed by atoms with E-state index in [-0.39, 0.29) is 12.0 Å². The smallest absolute Gasteiger partial charge is 0.243 e. The standard InChI is InChI=1S/C7H3Br2NO2/c8-4-1-5(6(12)3-11)10-7(9)2-4/h1-3H. The Bertz CT molecular complexity index is 318. The summed E-state index contributed by atoms with van der Waals surface area (Å²) in [5.41, 5.74) is 0.131. The number of ketones is 1. The maximum atomic E-state index is 10.8. The van der Waals surface area contributed by atoms with Crippen LogP contribution in [-0.4, -0.2) is 17.1 Å². The van der Waals surface area contributed by atoms with Gasteiger partial charge in [0.25, 0.3) is 0 Å². The summed E-state index contributed by atoms with van der Waals surface area (Å²) in [5, 5.41) is 0. The van der Waals surface area contributed by atoms with Crippen molar-refractivity contribution in [1.82, 2.24) is 4.98 Å². The normalized spacial score (nSPS) is 9.50. The lowest BCUT2D eigenvalue weighted by atomic mass is 10.3. The van der Waals surface area contributed by atoms with Crippen molar-refractivity contribution < 1.29 is 9.59 Å². The predicted octanol–water partition coefficient (Wildman–Crippen LogP) is 1.99. The van der Waals surface area contributed by atoms with E-state index in [4.69, 9.17) is 0 Å². The highest BCUT2D eigenvalue weighted by Crippen LogP contribution is 2.16. The summed E-state index contributed by atoms with van der Waals surface area (Å²) in [4.78, 5) is 24.8. The van der Waals surface area contributed by atoms with Gasteiger partial charge < -0.3 is 0 Å². The Hall–Kier alpha value is -0.550. The summed E-state index contributed by atoms with van der Waals surface area (Å²) < 4.78 is 1.22. The van der Waals surface area contributed by atoms with Crippen LogP contribution < -0.4 is 0 Å². The van der Waals surface area contributed by atoms with E-state index >= 15 is 0 Å². The first-order valence-corrected chi connectivity index (χ1v) is 4.54. The lowest BCUT2D eigenvalue weighted by Gasteiger charge is -1.95. The molecule has 0 aliphatic carbocycles. The minimum absolute atomic E-state index is 0.131. The molecule has 0 aromatic carbocycles. The predicted molar refractivity (Wildman–Crippen MR) is 50.0 cm³/mol. The Morgan fingerprint density at radius 2 is 2.08 bits per heavy atom. The van der Waals surface area contributed by atoms with Crippen molar-refractivity contribution in [3.63, 3.8) is 0 Å². The monoisotopic (exact) mass is 291 g/mol. The summed E-state index contributed by atoms with van der Waals surface area (Å²) >= 11 is 6.27. The van der Waals surface area contributed by atoms with Gasteiger partial charge in [0.15, 0.2) is 6.29 Å². The van der Waals surface area contributed by atoms with Gasteiger partial charge in [-0.3, -0.25) is 9.59 Å². The zero-order chi connectivity index (χ0) is 9.14. The van der Waals surface area contributed by atoms with E-state index in [9.17, 15) is 9.59 Å². The maximum Gasteiger partial charge on any atom is 0.243 e. The largest absolute Gasteiger partial charge is 0.294 e. The third-order valence-electron chi connectivity index (χ3n) is 1.12. The zero-order valence-electron chi connectivity index (χ0n) is 5.75. The number of Topliss-reactive ketones (excluding diaryl/α,β-unsaturated/α-hetero) is 1. The molecule has 0 spiro atoms. The molecule has 0 unspecified atom stereocenters. The topological polar surface area (TPSA) is 47.0 Å². The molecular formula is C7H3Br2NO2. The van der Waals surface area contributed by atoms with Crippen LogP contribution in [0.25, 0.3) is 0 Å². The molecule has 0 saturated heterocycles. The summed E-state index contributed by atoms with van der Waals surface area (Å²) in [7, 11) is 0. The molecule has 1 heterocycles. The SMILES string of the molecule is O=CC(=O)c1cc(Br)cc(Br)n1. The minimum atomic E-state index is -0.628. The Morgan fingerprint density at radius 3 is 2.58 bits per heavy atom. The van der Waals surface area contributed by atoms with E-state index in [1.807, 2.05) is 0 Å². The van der Waals surface area contributed by atoms with E-state index in [1.54, 1.807) is 6.07 Å². The molecule has 0 atom stereocenters. The number of carbonyl (C=O) groups is 2. The van der Waals surface area contributed by atoms with Crippen LogP contribution in [-0.2, 0) is 4.79 Å². The fourth-order valence-electron chi connectivity index (χ4n) is 0.652. The van der Waals surface area contributed by atoms with E-state index in [1.165, 1.54) is 6.07 Å². The Kier molecular flexibility index (Phi) is 3.11. The van der Waals surface area contributed by atoms with Crippen LogP contribution >= 0.6 is 31.9 Å². The number of aldehydes is 1. The third-order valence-corrected chi connectivity index (χ3v) is 1.98. The number of hydrogen-bond donors (Lipinski definition) is 0. The Balaban J connectivity index is 3.17. The van der Waals surface area contributed by atoms with E-state index in [2.05, 4.69) is 36.8 Å². The first-order chi connectivity index (χ1) is 5.63. The van der Waals surface area contributed by atoms with Gasteiger partial charge in [-0.05, 0) is 28.1 Å². The van der Waals surface area contributed by atoms with Crippen molar-refractivity contribution in [2.45, 2.75) is 0 Å². The van der Waals surface area contributed by atoms with Crippen molar-refractivity contribution >= 4 is 43.9 Å². The van der Waals surface area contributed by atoms with Crippen molar-refractivity contribution in [2.24, 2.45) is 0 Å². The average molecular weight is 293 g/mol. The average Bonchev–Trinajstić information content (AvgIpc) is 2.01. The summed E-state index contributed by atoms with van der Waals surface area (Å²) in [5.74, 6) is -0.628. The van der Waals surface area contributed by atoms with Gasteiger partial charge in [-0.1, -0.05) is 15.9 Å². The van der Waals surface area contributed by atoms with Crippen LogP contribution in [0.5, 0.6) is 0 Å². The second-order valence-electron chi connectivity index (χ2n) is 1.98. The van der Waals surface area contributed by atoms with E-state index < -0.39 is 5.78 Å². The number of nitrogens with zero attached hydrogens (tertiary/aromatic N) is 1. The molecule has 0 radical (unpaired) electrons. The molecule has 0 bridgehead atoms. The third kappa shape index (κ3) is 2.22. The number of pyridine rings is 1. The second-order valence-corrected chi connectivity index (χ2v) is 3.70. The number of aromatic nitrogens is 1. The van der Waals surface area contributed by atoms with Gasteiger partial charge in [-0.15, -0.1) is 0 Å². The van der Waals surface area contributed by atoms with Crippen molar-refractivity contribution in [3.05, 3.63) is 26.9 Å². The van der Waals surface area contributed by atoms with Crippen molar-refractivity contribution in [1.29, 1.82) is 0 Å². The molecular weight excluding hydrogens is 290 g/mol. The Morgan fingerprint density at radius 1 is 1.42 bits per heavy atom. The molecule has 0 saturated carbocycles. The fourth-order valence-corrected chi connectivity index (χ4v) is 1.83. The Labute approximate surface area is 85.4 Å².